The van der Waals surface area contributed by atoms with Crippen LogP contribution in [0.25, 0.3) is 0 Å². The van der Waals surface area contributed by atoms with E-state index in [9.17, 15) is 4.79 Å². The molecule has 6 heteroatoms. The molecule has 0 unspecified atom stereocenters. The Kier molecular flexibility index (Phi) is 6.07. The van der Waals surface area contributed by atoms with Crippen molar-refractivity contribution in [2.24, 2.45) is 0 Å². The third kappa shape index (κ3) is 4.29. The van der Waals surface area contributed by atoms with Crippen LogP contribution in [0.4, 0.5) is 5.82 Å². The maximum absolute atomic E-state index is 11.2. The summed E-state index contributed by atoms with van der Waals surface area (Å²) in [5, 5.41) is 8.67. The van der Waals surface area contributed by atoms with Gasteiger partial charge in [0, 0.05) is 20.2 Å². The summed E-state index contributed by atoms with van der Waals surface area (Å²) >= 11 is 0. The third-order valence-electron chi connectivity index (χ3n) is 2.58. The molecule has 18 heavy (non-hydrogen) atoms. The zero-order valence-corrected chi connectivity index (χ0v) is 10.8. The summed E-state index contributed by atoms with van der Waals surface area (Å²) in [7, 11) is 3.23. The van der Waals surface area contributed by atoms with Crippen LogP contribution in [0.3, 0.4) is 0 Å². The van der Waals surface area contributed by atoms with E-state index in [-0.39, 0.29) is 12.3 Å². The number of carbonyl (C=O) groups is 1. The van der Waals surface area contributed by atoms with E-state index in [1.165, 1.54) is 13.3 Å². The molecule has 0 bridgehead atoms. The molecule has 0 spiro atoms. The Morgan fingerprint density at radius 2 is 2.11 bits per heavy atom. The Labute approximate surface area is 107 Å². The zero-order chi connectivity index (χ0) is 13.4. The summed E-state index contributed by atoms with van der Waals surface area (Å²) < 4.78 is 4.55. The fourth-order valence-corrected chi connectivity index (χ4v) is 1.48. The van der Waals surface area contributed by atoms with E-state index in [0.717, 1.165) is 25.8 Å². The lowest BCUT2D eigenvalue weighted by molar-refractivity contribution is 0.0593. The van der Waals surface area contributed by atoms with Crippen molar-refractivity contribution < 1.29 is 14.6 Å². The van der Waals surface area contributed by atoms with Crippen molar-refractivity contribution in [3.63, 3.8) is 0 Å². The van der Waals surface area contributed by atoms with Gasteiger partial charge < -0.3 is 14.7 Å². The van der Waals surface area contributed by atoms with Crippen LogP contribution in [0.5, 0.6) is 0 Å². The molecule has 0 aromatic carbocycles. The first-order valence-corrected chi connectivity index (χ1v) is 5.91. The van der Waals surface area contributed by atoms with Gasteiger partial charge in [0.1, 0.15) is 5.82 Å². The van der Waals surface area contributed by atoms with Crippen molar-refractivity contribution in [2.75, 3.05) is 32.2 Å². The average molecular weight is 253 g/mol. The van der Waals surface area contributed by atoms with Gasteiger partial charge in [-0.15, -0.1) is 0 Å². The predicted octanol–water partition coefficient (Wildman–Crippen LogP) is 0.862. The molecule has 0 radical (unpaired) electrons. The Bertz CT molecular complexity index is 367. The van der Waals surface area contributed by atoms with Crippen LogP contribution in [0.15, 0.2) is 12.4 Å². The third-order valence-corrected chi connectivity index (χ3v) is 2.58. The van der Waals surface area contributed by atoms with Gasteiger partial charge in [-0.2, -0.15) is 0 Å². The average Bonchev–Trinajstić information content (AvgIpc) is 2.42. The molecule has 1 N–H and O–H groups in total. The normalized spacial score (nSPS) is 10.2. The smallest absolute Gasteiger partial charge is 0.358 e. The number of esters is 1. The second-order valence-corrected chi connectivity index (χ2v) is 3.96. The van der Waals surface area contributed by atoms with E-state index >= 15 is 0 Å². The second kappa shape index (κ2) is 7.60. The summed E-state index contributed by atoms with van der Waals surface area (Å²) in [6, 6.07) is 0. The molecule has 0 saturated carbocycles. The number of ether oxygens (including phenoxy) is 1. The Morgan fingerprint density at radius 3 is 2.67 bits per heavy atom. The number of aromatic nitrogens is 2. The molecule has 1 heterocycles. The fourth-order valence-electron chi connectivity index (χ4n) is 1.48. The summed E-state index contributed by atoms with van der Waals surface area (Å²) in [6.45, 7) is 1.07. The van der Waals surface area contributed by atoms with E-state index in [4.69, 9.17) is 5.11 Å². The van der Waals surface area contributed by atoms with Crippen molar-refractivity contribution in [1.82, 2.24) is 9.97 Å². The monoisotopic (exact) mass is 253 g/mol. The van der Waals surface area contributed by atoms with Crippen molar-refractivity contribution in [1.29, 1.82) is 0 Å². The number of aliphatic hydroxyl groups excluding tert-OH is 1. The van der Waals surface area contributed by atoms with Crippen LogP contribution in [-0.2, 0) is 4.74 Å². The maximum Gasteiger partial charge on any atom is 0.358 e. The molecule has 0 atom stereocenters. The maximum atomic E-state index is 11.2. The summed E-state index contributed by atoms with van der Waals surface area (Å²) in [4.78, 5) is 21.3. The highest BCUT2D eigenvalue weighted by Crippen LogP contribution is 2.08. The highest BCUT2D eigenvalue weighted by atomic mass is 16.5. The van der Waals surface area contributed by atoms with Crippen LogP contribution in [-0.4, -0.2) is 48.4 Å². The van der Waals surface area contributed by atoms with Gasteiger partial charge in [0.2, 0.25) is 0 Å². The Hall–Kier alpha value is -1.69. The molecule has 0 amide bonds. The van der Waals surface area contributed by atoms with Gasteiger partial charge in [0.05, 0.1) is 19.5 Å². The lowest BCUT2D eigenvalue weighted by Crippen LogP contribution is -2.20. The molecule has 6 nitrogen and oxygen atoms in total. The second-order valence-electron chi connectivity index (χ2n) is 3.96. The van der Waals surface area contributed by atoms with Gasteiger partial charge in [0.25, 0.3) is 0 Å². The summed E-state index contributed by atoms with van der Waals surface area (Å²) in [6.07, 6.45) is 5.75. The van der Waals surface area contributed by atoms with E-state index < -0.39 is 5.97 Å². The summed E-state index contributed by atoms with van der Waals surface area (Å²) in [5.41, 5.74) is 0.204. The molecule has 1 aromatic heterocycles. The standard InChI is InChI=1S/C12H19N3O3/c1-15(6-4-3-5-7-16)11-9-13-10(8-14-11)12(17)18-2/h8-9,16H,3-7H2,1-2H3. The minimum Gasteiger partial charge on any atom is -0.464 e. The minimum atomic E-state index is -0.486. The van der Waals surface area contributed by atoms with Crippen molar-refractivity contribution in [3.8, 4) is 0 Å². The van der Waals surface area contributed by atoms with Crippen LogP contribution in [0.1, 0.15) is 29.8 Å². The number of hydrogen-bond donors (Lipinski definition) is 1. The van der Waals surface area contributed by atoms with Gasteiger partial charge in [-0.25, -0.2) is 14.8 Å². The van der Waals surface area contributed by atoms with Crippen LogP contribution >= 0.6 is 0 Å². The van der Waals surface area contributed by atoms with Crippen LogP contribution in [0, 0.1) is 0 Å². The van der Waals surface area contributed by atoms with Gasteiger partial charge >= 0.3 is 5.97 Å². The van der Waals surface area contributed by atoms with Crippen molar-refractivity contribution in [2.45, 2.75) is 19.3 Å². The van der Waals surface area contributed by atoms with Crippen LogP contribution < -0.4 is 4.90 Å². The first-order valence-electron chi connectivity index (χ1n) is 5.91. The molecule has 1 rings (SSSR count). The number of unbranched alkanes of at least 4 members (excludes halogenated alkanes) is 2. The Morgan fingerprint density at radius 1 is 1.33 bits per heavy atom. The van der Waals surface area contributed by atoms with Gasteiger partial charge in [-0.05, 0) is 19.3 Å². The molecule has 0 saturated heterocycles. The van der Waals surface area contributed by atoms with Gasteiger partial charge in [-0.3, -0.25) is 0 Å². The van der Waals surface area contributed by atoms with Crippen molar-refractivity contribution in [3.05, 3.63) is 18.1 Å². The van der Waals surface area contributed by atoms with Crippen LogP contribution in [0.2, 0.25) is 0 Å². The molecule has 0 aliphatic heterocycles. The quantitative estimate of drug-likeness (QED) is 0.574. The zero-order valence-electron chi connectivity index (χ0n) is 10.8. The number of carbonyl (C=O) groups excluding carboxylic acids is 1. The first kappa shape index (κ1) is 14.4. The van der Waals surface area contributed by atoms with E-state index in [0.29, 0.717) is 5.82 Å². The number of anilines is 1. The van der Waals surface area contributed by atoms with Gasteiger partial charge in [-0.1, -0.05) is 0 Å². The number of nitrogens with zero attached hydrogens (tertiary/aromatic N) is 3. The van der Waals surface area contributed by atoms with E-state index in [1.54, 1.807) is 6.20 Å². The highest BCUT2D eigenvalue weighted by molar-refractivity contribution is 5.86. The lowest BCUT2D eigenvalue weighted by Gasteiger charge is -2.17. The van der Waals surface area contributed by atoms with E-state index in [1.807, 2.05) is 11.9 Å². The largest absolute Gasteiger partial charge is 0.464 e. The first-order chi connectivity index (χ1) is 8.69. The molecule has 0 fully saturated rings. The molecular weight excluding hydrogens is 234 g/mol. The number of rotatable bonds is 7. The topological polar surface area (TPSA) is 75.5 Å². The van der Waals surface area contributed by atoms with Crippen molar-refractivity contribution >= 4 is 11.8 Å². The summed E-state index contributed by atoms with van der Waals surface area (Å²) in [5.74, 6) is 0.228. The molecular formula is C12H19N3O3. The SMILES string of the molecule is COC(=O)c1cnc(N(C)CCCCCO)cn1. The number of methoxy groups -OCH3 is 1. The Balaban J connectivity index is 2.48. The fraction of sp³-hybridized carbons (Fsp3) is 0.583. The molecule has 0 aliphatic rings. The lowest BCUT2D eigenvalue weighted by atomic mass is 10.2. The van der Waals surface area contributed by atoms with Gasteiger partial charge in [0.15, 0.2) is 5.69 Å². The predicted molar refractivity (Wildman–Crippen MR) is 67.6 cm³/mol. The molecule has 100 valence electrons. The van der Waals surface area contributed by atoms with E-state index in [2.05, 4.69) is 14.7 Å². The minimum absolute atomic E-state index is 0.204. The highest BCUT2D eigenvalue weighted by Gasteiger charge is 2.09. The number of aliphatic hydroxyl groups is 1. The molecule has 1 aromatic rings. The molecule has 0 aliphatic carbocycles. The number of hydrogen-bond acceptors (Lipinski definition) is 6.